The van der Waals surface area contributed by atoms with Crippen LogP contribution < -0.4 is 5.32 Å². The maximum Gasteiger partial charge on any atom is 0.0635 e. The molecule has 1 unspecified atom stereocenters. The number of nitrogens with zero attached hydrogens (tertiary/aromatic N) is 1. The molecule has 0 aliphatic rings. The number of aliphatic hydroxyl groups excluding tert-OH is 1. The molecular formula is C8H16N2O. The minimum Gasteiger partial charge on any atom is -0.393 e. The van der Waals surface area contributed by atoms with Crippen LogP contribution in [0.1, 0.15) is 26.2 Å². The number of hydrogen-bond donors (Lipinski definition) is 2. The molecule has 0 aliphatic heterocycles. The van der Waals surface area contributed by atoms with Gasteiger partial charge in [0.25, 0.3) is 0 Å². The molecule has 0 spiro atoms. The highest BCUT2D eigenvalue weighted by Gasteiger charge is 1.97. The first-order valence-electron chi connectivity index (χ1n) is 4.07. The van der Waals surface area contributed by atoms with Gasteiger partial charge in [0.05, 0.1) is 12.2 Å². The van der Waals surface area contributed by atoms with E-state index in [0.29, 0.717) is 6.42 Å². The Kier molecular flexibility index (Phi) is 7.11. The summed E-state index contributed by atoms with van der Waals surface area (Å²) in [6.45, 7) is 3.49. The van der Waals surface area contributed by atoms with Gasteiger partial charge in [-0.25, -0.2) is 0 Å². The van der Waals surface area contributed by atoms with Gasteiger partial charge in [-0.15, -0.1) is 0 Å². The van der Waals surface area contributed by atoms with Crippen LogP contribution in [0.25, 0.3) is 0 Å². The van der Waals surface area contributed by atoms with Crippen LogP contribution in [0.2, 0.25) is 0 Å². The summed E-state index contributed by atoms with van der Waals surface area (Å²) in [5, 5.41) is 20.4. The summed E-state index contributed by atoms with van der Waals surface area (Å²) in [5.74, 6) is 0. The zero-order valence-corrected chi connectivity index (χ0v) is 7.01. The van der Waals surface area contributed by atoms with Crippen molar-refractivity contribution >= 4 is 0 Å². The van der Waals surface area contributed by atoms with Crippen molar-refractivity contribution in [2.45, 2.75) is 32.3 Å². The Morgan fingerprint density at radius 1 is 1.55 bits per heavy atom. The van der Waals surface area contributed by atoms with Gasteiger partial charge in [0.1, 0.15) is 0 Å². The van der Waals surface area contributed by atoms with E-state index in [4.69, 9.17) is 10.4 Å². The monoisotopic (exact) mass is 156 g/mol. The Morgan fingerprint density at radius 3 is 2.82 bits per heavy atom. The molecule has 3 heteroatoms. The second kappa shape index (κ2) is 7.52. The van der Waals surface area contributed by atoms with E-state index in [1.807, 2.05) is 13.0 Å². The van der Waals surface area contributed by atoms with Crippen molar-refractivity contribution in [3.8, 4) is 6.07 Å². The van der Waals surface area contributed by atoms with Crippen LogP contribution >= 0.6 is 0 Å². The molecule has 0 heterocycles. The summed E-state index contributed by atoms with van der Waals surface area (Å²) >= 11 is 0. The quantitative estimate of drug-likeness (QED) is 0.555. The second-order valence-corrected chi connectivity index (χ2v) is 2.51. The Labute approximate surface area is 68.0 Å². The van der Waals surface area contributed by atoms with E-state index in [9.17, 15) is 0 Å². The van der Waals surface area contributed by atoms with Gasteiger partial charge in [0, 0.05) is 13.0 Å². The third kappa shape index (κ3) is 7.31. The predicted molar refractivity (Wildman–Crippen MR) is 44.0 cm³/mol. The molecule has 0 bridgehead atoms. The summed E-state index contributed by atoms with van der Waals surface area (Å²) in [4.78, 5) is 0. The van der Waals surface area contributed by atoms with E-state index in [1.54, 1.807) is 0 Å². The Hall–Kier alpha value is -0.590. The standard InChI is InChI=1S/C8H16N2O/c1-2-8(11)4-7-10-6-3-5-9/h8,10-11H,2-4,6-7H2,1H3. The lowest BCUT2D eigenvalue weighted by molar-refractivity contribution is 0.160. The highest BCUT2D eigenvalue weighted by Crippen LogP contribution is 1.93. The first-order valence-corrected chi connectivity index (χ1v) is 4.07. The Bertz CT molecular complexity index is 120. The van der Waals surface area contributed by atoms with E-state index in [1.165, 1.54) is 0 Å². The molecule has 0 radical (unpaired) electrons. The van der Waals surface area contributed by atoms with Gasteiger partial charge in [-0.2, -0.15) is 5.26 Å². The van der Waals surface area contributed by atoms with Gasteiger partial charge in [0.2, 0.25) is 0 Å². The average Bonchev–Trinajstić information content (AvgIpc) is 2.04. The fourth-order valence-electron chi connectivity index (χ4n) is 0.742. The third-order valence-corrected chi connectivity index (χ3v) is 1.54. The molecule has 11 heavy (non-hydrogen) atoms. The van der Waals surface area contributed by atoms with Gasteiger partial charge in [-0.05, 0) is 19.4 Å². The van der Waals surface area contributed by atoms with Crippen LogP contribution in [0.15, 0.2) is 0 Å². The Balaban J connectivity index is 2.97. The molecule has 64 valence electrons. The highest BCUT2D eigenvalue weighted by atomic mass is 16.3. The molecule has 0 saturated carbocycles. The lowest BCUT2D eigenvalue weighted by Crippen LogP contribution is -2.20. The lowest BCUT2D eigenvalue weighted by atomic mass is 10.2. The van der Waals surface area contributed by atoms with Gasteiger partial charge in [-0.1, -0.05) is 6.92 Å². The van der Waals surface area contributed by atoms with Crippen molar-refractivity contribution < 1.29 is 5.11 Å². The van der Waals surface area contributed by atoms with E-state index in [2.05, 4.69) is 5.32 Å². The van der Waals surface area contributed by atoms with Gasteiger partial charge < -0.3 is 10.4 Å². The van der Waals surface area contributed by atoms with Gasteiger partial charge >= 0.3 is 0 Å². The molecular weight excluding hydrogens is 140 g/mol. The van der Waals surface area contributed by atoms with Gasteiger partial charge in [0.15, 0.2) is 0 Å². The van der Waals surface area contributed by atoms with Crippen molar-refractivity contribution in [3.05, 3.63) is 0 Å². The summed E-state index contributed by atoms with van der Waals surface area (Å²) in [6.07, 6.45) is 1.94. The number of rotatable bonds is 6. The molecule has 0 aromatic heterocycles. The first kappa shape index (κ1) is 10.4. The minimum absolute atomic E-state index is 0.190. The maximum absolute atomic E-state index is 9.11. The SMILES string of the molecule is CCC(O)CCNCCC#N. The normalized spacial score (nSPS) is 12.5. The van der Waals surface area contributed by atoms with Crippen molar-refractivity contribution in [3.63, 3.8) is 0 Å². The third-order valence-electron chi connectivity index (χ3n) is 1.54. The molecule has 2 N–H and O–H groups in total. The van der Waals surface area contributed by atoms with Crippen LogP contribution in [0.4, 0.5) is 0 Å². The molecule has 3 nitrogen and oxygen atoms in total. The van der Waals surface area contributed by atoms with E-state index < -0.39 is 0 Å². The number of aliphatic hydroxyl groups is 1. The molecule has 1 atom stereocenters. The maximum atomic E-state index is 9.11. The topological polar surface area (TPSA) is 56.0 Å². The summed E-state index contributed by atoms with van der Waals surface area (Å²) < 4.78 is 0. The molecule has 0 aromatic rings. The van der Waals surface area contributed by atoms with Crippen molar-refractivity contribution in [1.29, 1.82) is 5.26 Å². The number of nitriles is 1. The van der Waals surface area contributed by atoms with E-state index >= 15 is 0 Å². The predicted octanol–water partition coefficient (Wildman–Crippen LogP) is 0.651. The average molecular weight is 156 g/mol. The Morgan fingerprint density at radius 2 is 2.27 bits per heavy atom. The second-order valence-electron chi connectivity index (χ2n) is 2.51. The zero-order chi connectivity index (χ0) is 8.53. The number of hydrogen-bond acceptors (Lipinski definition) is 3. The summed E-state index contributed by atoms with van der Waals surface area (Å²) in [5.41, 5.74) is 0. The summed E-state index contributed by atoms with van der Waals surface area (Å²) in [7, 11) is 0. The summed E-state index contributed by atoms with van der Waals surface area (Å²) in [6, 6.07) is 2.04. The van der Waals surface area contributed by atoms with Crippen LogP contribution in [0, 0.1) is 11.3 Å². The number of nitrogens with one attached hydrogen (secondary N) is 1. The van der Waals surface area contributed by atoms with Crippen molar-refractivity contribution in [2.24, 2.45) is 0 Å². The largest absolute Gasteiger partial charge is 0.393 e. The fourth-order valence-corrected chi connectivity index (χ4v) is 0.742. The van der Waals surface area contributed by atoms with E-state index in [0.717, 1.165) is 25.9 Å². The molecule has 0 aromatic carbocycles. The van der Waals surface area contributed by atoms with Crippen LogP contribution in [0.3, 0.4) is 0 Å². The minimum atomic E-state index is -0.190. The zero-order valence-electron chi connectivity index (χ0n) is 7.01. The van der Waals surface area contributed by atoms with Crippen LogP contribution in [0.5, 0.6) is 0 Å². The molecule has 0 rings (SSSR count). The van der Waals surface area contributed by atoms with E-state index in [-0.39, 0.29) is 6.10 Å². The van der Waals surface area contributed by atoms with Crippen LogP contribution in [-0.4, -0.2) is 24.3 Å². The lowest BCUT2D eigenvalue weighted by Gasteiger charge is -2.06. The molecule has 0 saturated heterocycles. The molecule has 0 amide bonds. The smallest absolute Gasteiger partial charge is 0.0635 e. The van der Waals surface area contributed by atoms with Gasteiger partial charge in [-0.3, -0.25) is 0 Å². The highest BCUT2D eigenvalue weighted by molar-refractivity contribution is 4.70. The molecule has 0 fully saturated rings. The van der Waals surface area contributed by atoms with Crippen molar-refractivity contribution in [2.75, 3.05) is 13.1 Å². The van der Waals surface area contributed by atoms with Crippen molar-refractivity contribution in [1.82, 2.24) is 5.32 Å². The van der Waals surface area contributed by atoms with Crippen LogP contribution in [-0.2, 0) is 0 Å². The molecule has 0 aliphatic carbocycles. The first-order chi connectivity index (χ1) is 5.31. The fraction of sp³-hybridized carbons (Fsp3) is 0.875.